The van der Waals surface area contributed by atoms with Gasteiger partial charge in [0, 0.05) is 11.8 Å². The van der Waals surface area contributed by atoms with Crippen LogP contribution in [0.2, 0.25) is 0 Å². The number of nitro benzene ring substituents is 1. The van der Waals surface area contributed by atoms with Crippen molar-refractivity contribution in [2.45, 2.75) is 19.9 Å². The molecule has 0 bridgehead atoms. The molecule has 0 fully saturated rings. The highest BCUT2D eigenvalue weighted by Gasteiger charge is 2.24. The summed E-state index contributed by atoms with van der Waals surface area (Å²) in [5.41, 5.74) is 1.46. The molecule has 0 saturated carbocycles. The Morgan fingerprint density at radius 2 is 2.33 bits per heavy atom. The molecule has 0 unspecified atom stereocenters. The van der Waals surface area contributed by atoms with Crippen molar-refractivity contribution in [1.29, 1.82) is 0 Å². The molecule has 2 N–H and O–H groups in total. The van der Waals surface area contributed by atoms with Gasteiger partial charge in [0.1, 0.15) is 11.4 Å². The molecular formula is C13H12N4O4. The SMILES string of the molecule is Cc1cnc(CNc2cc3c(cc2[N+](=O)[O-])CC(=O)N3)o1. The Labute approximate surface area is 119 Å². The first-order valence-electron chi connectivity index (χ1n) is 6.29. The van der Waals surface area contributed by atoms with Crippen LogP contribution in [0.5, 0.6) is 0 Å². The van der Waals surface area contributed by atoms with Gasteiger partial charge in [-0.2, -0.15) is 0 Å². The van der Waals surface area contributed by atoms with Crippen LogP contribution in [0.3, 0.4) is 0 Å². The molecule has 0 radical (unpaired) electrons. The molecule has 0 atom stereocenters. The van der Waals surface area contributed by atoms with Crippen LogP contribution in [-0.2, 0) is 17.8 Å². The van der Waals surface area contributed by atoms with Crippen LogP contribution in [0.15, 0.2) is 22.7 Å². The standard InChI is InChI=1S/C13H12N4O4/c1-7-5-15-13(21-7)6-14-10-4-9-8(3-12(18)16-9)2-11(10)17(19)20/h2,4-5,14H,3,6H2,1H3,(H,16,18). The van der Waals surface area contributed by atoms with Crippen molar-refractivity contribution >= 4 is 23.0 Å². The van der Waals surface area contributed by atoms with E-state index in [4.69, 9.17) is 4.42 Å². The lowest BCUT2D eigenvalue weighted by Gasteiger charge is -2.07. The summed E-state index contributed by atoms with van der Waals surface area (Å²) in [6.45, 7) is 1.99. The summed E-state index contributed by atoms with van der Waals surface area (Å²) < 4.78 is 5.30. The summed E-state index contributed by atoms with van der Waals surface area (Å²) in [7, 11) is 0. The zero-order chi connectivity index (χ0) is 15.0. The van der Waals surface area contributed by atoms with E-state index < -0.39 is 4.92 Å². The van der Waals surface area contributed by atoms with E-state index in [9.17, 15) is 14.9 Å². The molecule has 21 heavy (non-hydrogen) atoms. The number of amides is 1. The number of rotatable bonds is 4. The summed E-state index contributed by atoms with van der Waals surface area (Å²) in [5, 5.41) is 16.7. The van der Waals surface area contributed by atoms with Gasteiger partial charge in [-0.1, -0.05) is 0 Å². The Kier molecular flexibility index (Phi) is 3.05. The third kappa shape index (κ3) is 2.55. The van der Waals surface area contributed by atoms with E-state index in [0.29, 0.717) is 28.6 Å². The smallest absolute Gasteiger partial charge is 0.292 e. The van der Waals surface area contributed by atoms with Crippen molar-refractivity contribution in [2.75, 3.05) is 10.6 Å². The Balaban J connectivity index is 1.88. The number of carbonyl (C=O) groups excluding carboxylic acids is 1. The lowest BCUT2D eigenvalue weighted by molar-refractivity contribution is -0.384. The van der Waals surface area contributed by atoms with Crippen molar-refractivity contribution < 1.29 is 14.1 Å². The second-order valence-electron chi connectivity index (χ2n) is 4.73. The first-order valence-corrected chi connectivity index (χ1v) is 6.29. The molecule has 0 saturated heterocycles. The number of oxazole rings is 1. The van der Waals surface area contributed by atoms with Gasteiger partial charge in [-0.05, 0) is 18.6 Å². The van der Waals surface area contributed by atoms with Crippen LogP contribution in [0, 0.1) is 17.0 Å². The van der Waals surface area contributed by atoms with Crippen LogP contribution in [-0.4, -0.2) is 15.8 Å². The van der Waals surface area contributed by atoms with Crippen molar-refractivity contribution in [3.8, 4) is 0 Å². The molecule has 1 aliphatic heterocycles. The summed E-state index contributed by atoms with van der Waals surface area (Å²) >= 11 is 0. The van der Waals surface area contributed by atoms with Gasteiger partial charge in [0.05, 0.1) is 24.1 Å². The highest BCUT2D eigenvalue weighted by Crippen LogP contribution is 2.34. The Morgan fingerprint density at radius 3 is 3.00 bits per heavy atom. The molecule has 1 aromatic heterocycles. The van der Waals surface area contributed by atoms with E-state index in [1.807, 2.05) is 0 Å². The number of anilines is 2. The summed E-state index contributed by atoms with van der Waals surface area (Å²) in [6, 6.07) is 2.98. The van der Waals surface area contributed by atoms with Gasteiger partial charge in [0.2, 0.25) is 11.8 Å². The molecule has 8 heteroatoms. The number of nitro groups is 1. The summed E-state index contributed by atoms with van der Waals surface area (Å²) in [4.78, 5) is 26.0. The number of hydrogen-bond acceptors (Lipinski definition) is 6. The maximum atomic E-state index is 11.3. The predicted octanol–water partition coefficient (Wildman–Crippen LogP) is 2.00. The molecule has 2 aromatic rings. The first kappa shape index (κ1) is 13.1. The summed E-state index contributed by atoms with van der Waals surface area (Å²) in [6.07, 6.45) is 1.74. The van der Waals surface area contributed by atoms with Crippen LogP contribution < -0.4 is 10.6 Å². The van der Waals surface area contributed by atoms with E-state index in [-0.39, 0.29) is 24.6 Å². The van der Waals surface area contributed by atoms with Crippen molar-refractivity contribution in [3.05, 3.63) is 45.7 Å². The van der Waals surface area contributed by atoms with Crippen LogP contribution >= 0.6 is 0 Å². The summed E-state index contributed by atoms with van der Waals surface area (Å²) in [5.74, 6) is 0.939. The molecule has 0 spiro atoms. The van der Waals surface area contributed by atoms with Crippen molar-refractivity contribution in [3.63, 3.8) is 0 Å². The third-order valence-electron chi connectivity index (χ3n) is 3.14. The molecule has 1 amide bonds. The van der Waals surface area contributed by atoms with Gasteiger partial charge in [-0.3, -0.25) is 14.9 Å². The maximum absolute atomic E-state index is 11.3. The largest absolute Gasteiger partial charge is 0.444 e. The van der Waals surface area contributed by atoms with Crippen LogP contribution in [0.25, 0.3) is 0 Å². The molecule has 0 aliphatic carbocycles. The number of nitrogens with zero attached hydrogens (tertiary/aromatic N) is 2. The van der Waals surface area contributed by atoms with Gasteiger partial charge in [0.15, 0.2) is 0 Å². The predicted molar refractivity (Wildman–Crippen MR) is 74.0 cm³/mol. The van der Waals surface area contributed by atoms with Gasteiger partial charge >= 0.3 is 0 Å². The highest BCUT2D eigenvalue weighted by molar-refractivity contribution is 6.00. The van der Waals surface area contributed by atoms with Crippen LogP contribution in [0.4, 0.5) is 17.1 Å². The third-order valence-corrected chi connectivity index (χ3v) is 3.14. The average molecular weight is 288 g/mol. The fourth-order valence-electron chi connectivity index (χ4n) is 2.21. The molecule has 3 rings (SSSR count). The number of fused-ring (bicyclic) bond motifs is 1. The molecule has 1 aromatic carbocycles. The van der Waals surface area contributed by atoms with E-state index in [0.717, 1.165) is 0 Å². The minimum absolute atomic E-state index is 0.0754. The number of carbonyl (C=O) groups is 1. The van der Waals surface area contributed by atoms with Crippen molar-refractivity contribution in [1.82, 2.24) is 4.98 Å². The highest BCUT2D eigenvalue weighted by atomic mass is 16.6. The quantitative estimate of drug-likeness (QED) is 0.657. The number of nitrogens with one attached hydrogen (secondary N) is 2. The average Bonchev–Trinajstić information content (AvgIpc) is 2.99. The van der Waals surface area contributed by atoms with Gasteiger partial charge in [-0.15, -0.1) is 0 Å². The second kappa shape index (κ2) is 4.89. The Bertz CT molecular complexity index is 738. The molecule has 8 nitrogen and oxygen atoms in total. The first-order chi connectivity index (χ1) is 10.0. The number of aryl methyl sites for hydroxylation is 1. The minimum Gasteiger partial charge on any atom is -0.444 e. The van der Waals surface area contributed by atoms with E-state index in [1.165, 1.54) is 6.07 Å². The molecule has 2 heterocycles. The zero-order valence-electron chi connectivity index (χ0n) is 11.2. The van der Waals surface area contributed by atoms with E-state index in [1.54, 1.807) is 19.2 Å². The molecule has 108 valence electrons. The second-order valence-corrected chi connectivity index (χ2v) is 4.73. The molecular weight excluding hydrogens is 276 g/mol. The number of benzene rings is 1. The van der Waals surface area contributed by atoms with E-state index >= 15 is 0 Å². The number of aromatic nitrogens is 1. The van der Waals surface area contributed by atoms with E-state index in [2.05, 4.69) is 15.6 Å². The van der Waals surface area contributed by atoms with Crippen LogP contribution in [0.1, 0.15) is 17.2 Å². The Morgan fingerprint density at radius 1 is 1.52 bits per heavy atom. The zero-order valence-corrected chi connectivity index (χ0v) is 11.2. The van der Waals surface area contributed by atoms with Crippen molar-refractivity contribution in [2.24, 2.45) is 0 Å². The molecule has 1 aliphatic rings. The lowest BCUT2D eigenvalue weighted by atomic mass is 10.1. The lowest BCUT2D eigenvalue weighted by Crippen LogP contribution is -2.04. The maximum Gasteiger partial charge on any atom is 0.292 e. The monoisotopic (exact) mass is 288 g/mol. The van der Waals surface area contributed by atoms with Gasteiger partial charge in [0.25, 0.3) is 5.69 Å². The minimum atomic E-state index is -0.480. The topological polar surface area (TPSA) is 110 Å². The van der Waals surface area contributed by atoms with Gasteiger partial charge in [-0.25, -0.2) is 4.98 Å². The number of hydrogen-bond donors (Lipinski definition) is 2. The fraction of sp³-hybridized carbons (Fsp3) is 0.231. The van der Waals surface area contributed by atoms with Gasteiger partial charge < -0.3 is 15.1 Å². The Hall–Kier alpha value is -2.90. The normalized spacial score (nSPS) is 12.9. The fourth-order valence-corrected chi connectivity index (χ4v) is 2.21.